The molecule has 1 aliphatic rings. The summed E-state index contributed by atoms with van der Waals surface area (Å²) in [6, 6.07) is 11.1. The largest absolute Gasteiger partial charge is 0.508 e. The van der Waals surface area contributed by atoms with E-state index in [1.54, 1.807) is 59.7 Å². The highest BCUT2D eigenvalue weighted by atomic mass is 35.5. The van der Waals surface area contributed by atoms with Crippen LogP contribution in [-0.2, 0) is 25.4 Å². The summed E-state index contributed by atoms with van der Waals surface area (Å²) in [6.07, 6.45) is -0.705. The number of carbonyl (C=O) groups is 3. The van der Waals surface area contributed by atoms with Crippen molar-refractivity contribution in [3.63, 3.8) is 0 Å². The topological polar surface area (TPSA) is 82.1 Å². The number of nitrogens with zero attached hydrogens (tertiary/aromatic N) is 1. The van der Waals surface area contributed by atoms with E-state index < -0.39 is 41.3 Å². The van der Waals surface area contributed by atoms with E-state index in [9.17, 15) is 18.8 Å². The van der Waals surface area contributed by atoms with E-state index in [0.29, 0.717) is 29.0 Å². The molecule has 9 heteroatoms. The van der Waals surface area contributed by atoms with Crippen molar-refractivity contribution in [3.05, 3.63) is 58.9 Å². The molecule has 0 radical (unpaired) electrons. The maximum Gasteiger partial charge on any atom is 0.508 e. The minimum Gasteiger partial charge on any atom is -0.443 e. The fourth-order valence-electron chi connectivity index (χ4n) is 4.73. The maximum absolute atomic E-state index is 14.4. The number of ether oxygens (including phenoxy) is 3. The molecule has 2 unspecified atom stereocenters. The summed E-state index contributed by atoms with van der Waals surface area (Å²) in [4.78, 5) is 40.1. The normalized spacial score (nSPS) is 19.7. The minimum atomic E-state index is -0.874. The third kappa shape index (κ3) is 7.94. The number of halogens is 2. The highest BCUT2D eigenvalue weighted by molar-refractivity contribution is 6.30. The average molecular weight is 562 g/mol. The predicted octanol–water partition coefficient (Wildman–Crippen LogP) is 7.43. The molecule has 3 rings (SSSR count). The molecule has 2 aromatic carbocycles. The van der Waals surface area contributed by atoms with Gasteiger partial charge in [0.15, 0.2) is 0 Å². The highest BCUT2D eigenvalue weighted by Gasteiger charge is 2.51. The molecule has 1 heterocycles. The van der Waals surface area contributed by atoms with Crippen LogP contribution in [-0.4, -0.2) is 46.9 Å². The standard InChI is InChI=1S/C30H37ClFNO6/c1-8-21-23(17-37-28(36)39-30(5,6)7)26(34)33(27(35)38-29(2,3)4)25(21)15-18-9-11-19(12-10-18)22-16-20(31)13-14-24(22)32/h9-14,16,21,23,25H,8,15,17H2,1-7H3/t21?,23?,25-/m1/s1. The van der Waals surface area contributed by atoms with Crippen LogP contribution in [0.1, 0.15) is 60.5 Å². The summed E-state index contributed by atoms with van der Waals surface area (Å²) in [5.41, 5.74) is 0.329. The number of amides is 2. The lowest BCUT2D eigenvalue weighted by molar-refractivity contribution is -0.132. The van der Waals surface area contributed by atoms with Gasteiger partial charge in [0.2, 0.25) is 5.91 Å². The number of carbonyl (C=O) groups excluding carboxylic acids is 3. The fourth-order valence-corrected chi connectivity index (χ4v) is 4.91. The Bertz CT molecular complexity index is 1200. The van der Waals surface area contributed by atoms with Crippen LogP contribution >= 0.6 is 11.6 Å². The first kappa shape index (κ1) is 30.4. The molecule has 1 fully saturated rings. The van der Waals surface area contributed by atoms with Gasteiger partial charge < -0.3 is 14.2 Å². The Balaban J connectivity index is 1.87. The number of rotatable bonds is 6. The number of hydrogen-bond donors (Lipinski definition) is 0. The van der Waals surface area contributed by atoms with Gasteiger partial charge in [-0.25, -0.2) is 18.9 Å². The Morgan fingerprint density at radius 3 is 2.15 bits per heavy atom. The molecule has 39 heavy (non-hydrogen) atoms. The van der Waals surface area contributed by atoms with Crippen molar-refractivity contribution in [2.45, 2.75) is 78.6 Å². The van der Waals surface area contributed by atoms with Crippen LogP contribution in [0.5, 0.6) is 0 Å². The van der Waals surface area contributed by atoms with Crippen LogP contribution in [0.25, 0.3) is 11.1 Å². The molecule has 0 N–H and O–H groups in total. The van der Waals surface area contributed by atoms with Gasteiger partial charge in [-0.15, -0.1) is 0 Å². The third-order valence-corrected chi connectivity index (χ3v) is 6.60. The van der Waals surface area contributed by atoms with E-state index in [0.717, 1.165) is 10.5 Å². The van der Waals surface area contributed by atoms with E-state index in [-0.39, 0.29) is 18.3 Å². The third-order valence-electron chi connectivity index (χ3n) is 6.37. The highest BCUT2D eigenvalue weighted by Crippen LogP contribution is 2.37. The second kappa shape index (κ2) is 11.9. The zero-order valence-electron chi connectivity index (χ0n) is 23.5. The molecule has 3 atom stereocenters. The Labute approximate surface area is 234 Å². The van der Waals surface area contributed by atoms with Crippen molar-refractivity contribution >= 4 is 29.8 Å². The zero-order valence-corrected chi connectivity index (χ0v) is 24.3. The van der Waals surface area contributed by atoms with Crippen LogP contribution in [0.2, 0.25) is 5.02 Å². The van der Waals surface area contributed by atoms with Gasteiger partial charge in [0, 0.05) is 10.6 Å². The van der Waals surface area contributed by atoms with Crippen LogP contribution in [0.15, 0.2) is 42.5 Å². The summed E-state index contributed by atoms with van der Waals surface area (Å²) in [5.74, 6) is -1.87. The van der Waals surface area contributed by atoms with Gasteiger partial charge in [0.05, 0.1) is 12.0 Å². The van der Waals surface area contributed by atoms with Gasteiger partial charge in [0.25, 0.3) is 0 Å². The molecule has 212 valence electrons. The molecule has 2 aromatic rings. The summed E-state index contributed by atoms with van der Waals surface area (Å²) in [7, 11) is 0. The van der Waals surface area contributed by atoms with Crippen LogP contribution < -0.4 is 0 Å². The van der Waals surface area contributed by atoms with Crippen molar-refractivity contribution < 1.29 is 33.0 Å². The summed E-state index contributed by atoms with van der Waals surface area (Å²) < 4.78 is 30.5. The molecule has 0 spiro atoms. The Kier molecular flexibility index (Phi) is 9.31. The quantitative estimate of drug-likeness (QED) is 0.341. The van der Waals surface area contributed by atoms with Crippen molar-refractivity contribution in [1.82, 2.24) is 4.90 Å². The first-order valence-corrected chi connectivity index (χ1v) is 13.4. The number of benzene rings is 2. The van der Waals surface area contributed by atoms with Gasteiger partial charge in [-0.3, -0.25) is 4.79 Å². The van der Waals surface area contributed by atoms with Gasteiger partial charge in [-0.05, 0) is 83.2 Å². The monoisotopic (exact) mass is 561 g/mol. The van der Waals surface area contributed by atoms with E-state index >= 15 is 0 Å². The molecule has 7 nitrogen and oxygen atoms in total. The van der Waals surface area contributed by atoms with Crippen molar-refractivity contribution in [2.24, 2.45) is 11.8 Å². The lowest BCUT2D eigenvalue weighted by Gasteiger charge is -2.29. The summed E-state index contributed by atoms with van der Waals surface area (Å²) in [5, 5.41) is 0.429. The first-order valence-electron chi connectivity index (χ1n) is 13.1. The van der Waals surface area contributed by atoms with Gasteiger partial charge in [0.1, 0.15) is 23.6 Å². The number of likely N-dealkylation sites (tertiary alicyclic amines) is 1. The molecule has 0 aliphatic carbocycles. The van der Waals surface area contributed by atoms with E-state index in [2.05, 4.69) is 0 Å². The Hall–Kier alpha value is -3.13. The molecule has 0 bridgehead atoms. The molecule has 1 saturated heterocycles. The second-order valence-corrected chi connectivity index (χ2v) is 12.2. The fraction of sp³-hybridized carbons (Fsp3) is 0.500. The van der Waals surface area contributed by atoms with Crippen molar-refractivity contribution in [2.75, 3.05) is 6.61 Å². The first-order chi connectivity index (χ1) is 18.1. The van der Waals surface area contributed by atoms with Crippen LogP contribution in [0, 0.1) is 17.7 Å². The molecular weight excluding hydrogens is 525 g/mol. The Morgan fingerprint density at radius 2 is 1.59 bits per heavy atom. The van der Waals surface area contributed by atoms with E-state index in [1.807, 2.05) is 19.1 Å². The maximum atomic E-state index is 14.4. The SMILES string of the molecule is CCC1C(COC(=O)OC(C)(C)C)C(=O)N(C(=O)OC(C)(C)C)[C@@H]1Cc1ccc(-c2cc(Cl)ccc2F)cc1. The van der Waals surface area contributed by atoms with Crippen LogP contribution in [0.3, 0.4) is 0 Å². The molecule has 0 saturated carbocycles. The molecule has 0 aromatic heterocycles. The lowest BCUT2D eigenvalue weighted by Crippen LogP contribution is -2.44. The molecular formula is C30H37ClFNO6. The predicted molar refractivity (Wildman–Crippen MR) is 147 cm³/mol. The van der Waals surface area contributed by atoms with E-state index in [1.165, 1.54) is 12.1 Å². The van der Waals surface area contributed by atoms with Crippen LogP contribution in [0.4, 0.5) is 14.0 Å². The second-order valence-electron chi connectivity index (χ2n) is 11.7. The number of imide groups is 1. The zero-order chi connectivity index (χ0) is 29.1. The lowest BCUT2D eigenvalue weighted by atomic mass is 9.85. The summed E-state index contributed by atoms with van der Waals surface area (Å²) in [6.45, 7) is 12.1. The van der Waals surface area contributed by atoms with Gasteiger partial charge in [-0.2, -0.15) is 0 Å². The van der Waals surface area contributed by atoms with Gasteiger partial charge >= 0.3 is 12.2 Å². The van der Waals surface area contributed by atoms with Crippen molar-refractivity contribution in [3.8, 4) is 11.1 Å². The molecule has 2 amide bonds. The minimum absolute atomic E-state index is 0.213. The number of hydrogen-bond acceptors (Lipinski definition) is 6. The Morgan fingerprint density at radius 1 is 0.974 bits per heavy atom. The van der Waals surface area contributed by atoms with Crippen molar-refractivity contribution in [1.29, 1.82) is 0 Å². The smallest absolute Gasteiger partial charge is 0.443 e. The van der Waals surface area contributed by atoms with E-state index in [4.69, 9.17) is 25.8 Å². The summed E-state index contributed by atoms with van der Waals surface area (Å²) >= 11 is 6.05. The van der Waals surface area contributed by atoms with Gasteiger partial charge in [-0.1, -0.05) is 49.2 Å². The molecule has 1 aliphatic heterocycles. The average Bonchev–Trinajstić information content (AvgIpc) is 3.07.